The molecule has 108 valence electrons. The quantitative estimate of drug-likeness (QED) is 0.590. The molecule has 7 heteroatoms. The predicted molar refractivity (Wildman–Crippen MR) is 76.4 cm³/mol. The number of alkyl halides is 1. The highest BCUT2D eigenvalue weighted by Crippen LogP contribution is 2.16. The Morgan fingerprint density at radius 2 is 1.95 bits per heavy atom. The standard InChI is InChI=1S/C12H19ClN2O3S/c1-9-7-11(12(16)8-13)10(2)15(9)5-6-19(17,18)14(3)4/h7H,5-6,8H2,1-4H3. The summed E-state index contributed by atoms with van der Waals surface area (Å²) in [4.78, 5) is 11.6. The Morgan fingerprint density at radius 1 is 1.37 bits per heavy atom. The van der Waals surface area contributed by atoms with Gasteiger partial charge >= 0.3 is 0 Å². The van der Waals surface area contributed by atoms with Crippen LogP contribution in [-0.4, -0.2) is 48.8 Å². The van der Waals surface area contributed by atoms with Crippen molar-refractivity contribution >= 4 is 27.4 Å². The summed E-state index contributed by atoms with van der Waals surface area (Å²) in [5.41, 5.74) is 2.19. The second-order valence-corrected chi connectivity index (χ2v) is 7.16. The predicted octanol–water partition coefficient (Wildman–Crippen LogP) is 1.42. The van der Waals surface area contributed by atoms with E-state index in [0.717, 1.165) is 11.4 Å². The van der Waals surface area contributed by atoms with Crippen molar-refractivity contribution in [2.24, 2.45) is 0 Å². The first-order chi connectivity index (χ1) is 8.70. The molecule has 1 rings (SSSR count). The molecule has 1 heterocycles. The summed E-state index contributed by atoms with van der Waals surface area (Å²) in [6, 6.07) is 1.75. The molecule has 0 fully saturated rings. The van der Waals surface area contributed by atoms with Crippen molar-refractivity contribution in [3.63, 3.8) is 0 Å². The van der Waals surface area contributed by atoms with E-state index in [0.29, 0.717) is 12.1 Å². The lowest BCUT2D eigenvalue weighted by molar-refractivity contribution is 0.102. The van der Waals surface area contributed by atoms with Gasteiger partial charge in [0.05, 0.1) is 11.6 Å². The minimum atomic E-state index is -3.24. The van der Waals surface area contributed by atoms with E-state index in [-0.39, 0.29) is 17.4 Å². The second kappa shape index (κ2) is 6.07. The number of ketones is 1. The van der Waals surface area contributed by atoms with Crippen molar-refractivity contribution in [1.82, 2.24) is 8.87 Å². The Hall–Kier alpha value is -0.850. The summed E-state index contributed by atoms with van der Waals surface area (Å²) < 4.78 is 26.5. The maximum atomic E-state index is 11.7. The first-order valence-corrected chi connectivity index (χ1v) is 8.01. The molecule has 0 amide bonds. The smallest absolute Gasteiger partial charge is 0.215 e. The third kappa shape index (κ3) is 3.58. The van der Waals surface area contributed by atoms with Gasteiger partial charge < -0.3 is 4.57 Å². The lowest BCUT2D eigenvalue weighted by Crippen LogP contribution is -2.27. The first-order valence-electron chi connectivity index (χ1n) is 5.86. The fraction of sp³-hybridized carbons (Fsp3) is 0.583. The number of hydrogen-bond acceptors (Lipinski definition) is 3. The average Bonchev–Trinajstić information content (AvgIpc) is 2.61. The molecule has 0 aliphatic heterocycles. The van der Waals surface area contributed by atoms with E-state index in [4.69, 9.17) is 11.6 Å². The molecule has 0 N–H and O–H groups in total. The molecule has 5 nitrogen and oxygen atoms in total. The molecule has 0 bridgehead atoms. The SMILES string of the molecule is Cc1cc(C(=O)CCl)c(C)n1CCS(=O)(=O)N(C)C. The molecule has 0 aliphatic carbocycles. The third-order valence-corrected chi connectivity index (χ3v) is 5.18. The molecular weight excluding hydrogens is 288 g/mol. The summed E-state index contributed by atoms with van der Waals surface area (Å²) >= 11 is 5.55. The van der Waals surface area contributed by atoms with Crippen molar-refractivity contribution in [3.8, 4) is 0 Å². The largest absolute Gasteiger partial charge is 0.347 e. The van der Waals surface area contributed by atoms with Gasteiger partial charge in [-0.2, -0.15) is 0 Å². The van der Waals surface area contributed by atoms with E-state index in [9.17, 15) is 13.2 Å². The Labute approximate surface area is 119 Å². The van der Waals surface area contributed by atoms with Gasteiger partial charge in [-0.25, -0.2) is 12.7 Å². The van der Waals surface area contributed by atoms with Crippen molar-refractivity contribution < 1.29 is 13.2 Å². The zero-order valence-corrected chi connectivity index (χ0v) is 13.2. The summed E-state index contributed by atoms with van der Waals surface area (Å²) in [5, 5.41) is 0. The number of hydrogen-bond donors (Lipinski definition) is 0. The van der Waals surface area contributed by atoms with Crippen LogP contribution in [0.1, 0.15) is 21.7 Å². The topological polar surface area (TPSA) is 59.4 Å². The number of carbonyl (C=O) groups excluding carboxylic acids is 1. The monoisotopic (exact) mass is 306 g/mol. The Bertz CT molecular complexity index is 576. The van der Waals surface area contributed by atoms with Gasteiger partial charge in [0.2, 0.25) is 10.0 Å². The van der Waals surface area contributed by atoms with Crippen LogP contribution >= 0.6 is 11.6 Å². The van der Waals surface area contributed by atoms with E-state index in [2.05, 4.69) is 0 Å². The minimum absolute atomic E-state index is 0.00483. The highest BCUT2D eigenvalue weighted by molar-refractivity contribution is 7.89. The van der Waals surface area contributed by atoms with Gasteiger partial charge in [-0.3, -0.25) is 4.79 Å². The van der Waals surface area contributed by atoms with Crippen molar-refractivity contribution in [2.45, 2.75) is 20.4 Å². The molecule has 0 saturated heterocycles. The van der Waals surface area contributed by atoms with Crippen molar-refractivity contribution in [3.05, 3.63) is 23.0 Å². The third-order valence-electron chi connectivity index (χ3n) is 3.12. The summed E-state index contributed by atoms with van der Waals surface area (Å²) in [6.07, 6.45) is 0. The molecule has 0 unspecified atom stereocenters. The number of nitrogens with zero attached hydrogens (tertiary/aromatic N) is 2. The maximum Gasteiger partial charge on any atom is 0.215 e. The van der Waals surface area contributed by atoms with Crippen LogP contribution in [-0.2, 0) is 16.6 Å². The molecule has 1 aromatic rings. The van der Waals surface area contributed by atoms with Gasteiger partial charge in [-0.15, -0.1) is 11.6 Å². The molecule has 1 aromatic heterocycles. The van der Waals surface area contributed by atoms with Crippen LogP contribution in [0.3, 0.4) is 0 Å². The Morgan fingerprint density at radius 3 is 2.42 bits per heavy atom. The molecule has 0 aromatic carbocycles. The van der Waals surface area contributed by atoms with Gasteiger partial charge in [-0.05, 0) is 19.9 Å². The van der Waals surface area contributed by atoms with Crippen LogP contribution in [0.4, 0.5) is 0 Å². The fourth-order valence-corrected chi connectivity index (χ4v) is 2.81. The zero-order chi connectivity index (χ0) is 14.8. The van der Waals surface area contributed by atoms with Crippen molar-refractivity contribution in [2.75, 3.05) is 25.7 Å². The highest BCUT2D eigenvalue weighted by Gasteiger charge is 2.18. The first kappa shape index (κ1) is 16.2. The van der Waals surface area contributed by atoms with Crippen LogP contribution in [0.2, 0.25) is 0 Å². The molecule has 0 radical (unpaired) electrons. The van der Waals surface area contributed by atoms with E-state index in [1.54, 1.807) is 13.0 Å². The molecule has 0 saturated carbocycles. The lowest BCUT2D eigenvalue weighted by Gasteiger charge is -2.14. The van der Waals surface area contributed by atoms with E-state index in [1.807, 2.05) is 11.5 Å². The molecule has 0 aliphatic rings. The molecule has 0 atom stereocenters. The van der Waals surface area contributed by atoms with Gasteiger partial charge in [0.25, 0.3) is 0 Å². The lowest BCUT2D eigenvalue weighted by atomic mass is 10.2. The normalized spacial score (nSPS) is 12.1. The van der Waals surface area contributed by atoms with Gasteiger partial charge in [0.15, 0.2) is 5.78 Å². The van der Waals surface area contributed by atoms with Gasteiger partial charge in [-0.1, -0.05) is 0 Å². The number of halogens is 1. The maximum absolute atomic E-state index is 11.7. The number of sulfonamides is 1. The summed E-state index contributed by atoms with van der Waals surface area (Å²) in [6.45, 7) is 3.98. The van der Waals surface area contributed by atoms with Gasteiger partial charge in [0.1, 0.15) is 0 Å². The van der Waals surface area contributed by atoms with Crippen LogP contribution in [0.5, 0.6) is 0 Å². The Balaban J connectivity index is 2.98. The highest BCUT2D eigenvalue weighted by atomic mass is 35.5. The second-order valence-electron chi connectivity index (χ2n) is 4.59. The summed E-state index contributed by atoms with van der Waals surface area (Å²) in [7, 11) is -0.231. The van der Waals surface area contributed by atoms with Crippen molar-refractivity contribution in [1.29, 1.82) is 0 Å². The average molecular weight is 307 g/mol. The molecule has 0 spiro atoms. The van der Waals surface area contributed by atoms with E-state index < -0.39 is 10.0 Å². The number of Topliss-reactive ketones (excluding diaryl/α,β-unsaturated/α-hetero) is 1. The number of aromatic nitrogens is 1. The minimum Gasteiger partial charge on any atom is -0.347 e. The zero-order valence-electron chi connectivity index (χ0n) is 11.6. The van der Waals surface area contributed by atoms with E-state index >= 15 is 0 Å². The summed E-state index contributed by atoms with van der Waals surface area (Å²) in [5.74, 6) is -0.206. The van der Waals surface area contributed by atoms with Crippen LogP contribution < -0.4 is 0 Å². The number of rotatable bonds is 6. The fourth-order valence-electron chi connectivity index (χ4n) is 1.89. The molecule has 19 heavy (non-hydrogen) atoms. The van der Waals surface area contributed by atoms with Gasteiger partial charge in [0, 0.05) is 37.6 Å². The Kier molecular flexibility index (Phi) is 5.18. The molecular formula is C12H19ClN2O3S. The number of carbonyl (C=O) groups is 1. The van der Waals surface area contributed by atoms with E-state index in [1.165, 1.54) is 18.4 Å². The number of aryl methyl sites for hydroxylation is 1. The van der Waals surface area contributed by atoms with Crippen LogP contribution in [0.15, 0.2) is 6.07 Å². The van der Waals surface area contributed by atoms with Crippen LogP contribution in [0.25, 0.3) is 0 Å². The van der Waals surface area contributed by atoms with Crippen LogP contribution in [0, 0.1) is 13.8 Å².